The van der Waals surface area contributed by atoms with Gasteiger partial charge in [0.1, 0.15) is 5.82 Å². The Morgan fingerprint density at radius 1 is 1.00 bits per heavy atom. The van der Waals surface area contributed by atoms with Crippen molar-refractivity contribution >= 4 is 49.7 Å². The predicted molar refractivity (Wildman–Crippen MR) is 139 cm³/mol. The van der Waals surface area contributed by atoms with Crippen LogP contribution in [0.4, 0.5) is 11.5 Å². The number of rotatable bonds is 4. The molecule has 0 aliphatic carbocycles. The minimum atomic E-state index is -0.167. The number of likely N-dealkylation sites (N-methyl/N-ethyl adjacent to an activating group) is 1. The number of H-pyrrole nitrogens is 1. The van der Waals surface area contributed by atoms with Crippen LogP contribution in [-0.4, -0.2) is 59.2 Å². The molecule has 3 aromatic heterocycles. The molecule has 0 atom stereocenters. The first-order valence-corrected chi connectivity index (χ1v) is 12.1. The second-order valence-electron chi connectivity index (χ2n) is 8.66. The fraction of sp³-hybridized carbons (Fsp3) is 0.192. The van der Waals surface area contributed by atoms with E-state index in [0.29, 0.717) is 11.3 Å². The summed E-state index contributed by atoms with van der Waals surface area (Å²) in [5.74, 6) is 0.776. The lowest BCUT2D eigenvalue weighted by Gasteiger charge is -2.33. The zero-order valence-electron chi connectivity index (χ0n) is 18.8. The molecule has 0 bridgehead atoms. The summed E-state index contributed by atoms with van der Waals surface area (Å²) >= 11 is 1.71. The fourth-order valence-corrected chi connectivity index (χ4v) is 5.47. The summed E-state index contributed by atoms with van der Waals surface area (Å²) in [6.45, 7) is 3.97. The van der Waals surface area contributed by atoms with Gasteiger partial charge in [-0.05, 0) is 48.8 Å². The molecule has 0 saturated carbocycles. The number of fused-ring (bicyclic) bond motifs is 2. The van der Waals surface area contributed by atoms with Crippen molar-refractivity contribution in [2.45, 2.75) is 0 Å². The van der Waals surface area contributed by atoms with Gasteiger partial charge in [-0.25, -0.2) is 4.98 Å². The van der Waals surface area contributed by atoms with Crippen molar-refractivity contribution in [2.75, 3.05) is 43.4 Å². The number of thiophene rings is 1. The van der Waals surface area contributed by atoms with Crippen molar-refractivity contribution < 1.29 is 4.79 Å². The minimum Gasteiger partial charge on any atom is -0.354 e. The van der Waals surface area contributed by atoms with Crippen LogP contribution in [-0.2, 0) is 0 Å². The summed E-state index contributed by atoms with van der Waals surface area (Å²) in [5, 5.41) is 12.4. The van der Waals surface area contributed by atoms with Crippen molar-refractivity contribution in [1.82, 2.24) is 20.1 Å². The lowest BCUT2D eigenvalue weighted by Crippen LogP contribution is -2.44. The molecule has 1 amide bonds. The molecule has 7 nitrogen and oxygen atoms in total. The Bertz CT molecular complexity index is 1450. The van der Waals surface area contributed by atoms with Gasteiger partial charge in [-0.15, -0.1) is 11.3 Å². The van der Waals surface area contributed by atoms with Gasteiger partial charge in [0.2, 0.25) is 0 Å². The summed E-state index contributed by atoms with van der Waals surface area (Å²) in [6.07, 6.45) is 3.49. The molecule has 34 heavy (non-hydrogen) atoms. The normalized spacial score (nSPS) is 14.7. The number of nitrogens with zero attached hydrogens (tertiary/aromatic N) is 4. The van der Waals surface area contributed by atoms with Gasteiger partial charge in [0, 0.05) is 52.3 Å². The van der Waals surface area contributed by atoms with E-state index in [2.05, 4.69) is 55.5 Å². The maximum atomic E-state index is 13.2. The van der Waals surface area contributed by atoms with Gasteiger partial charge in [0.15, 0.2) is 0 Å². The number of hydrogen-bond donors (Lipinski definition) is 2. The number of pyridine rings is 1. The number of carbonyl (C=O) groups is 1. The highest BCUT2D eigenvalue weighted by Crippen LogP contribution is 2.37. The molecule has 0 radical (unpaired) electrons. The van der Waals surface area contributed by atoms with Crippen LogP contribution >= 0.6 is 11.3 Å². The molecule has 8 heteroatoms. The second-order valence-corrected chi connectivity index (χ2v) is 9.74. The van der Waals surface area contributed by atoms with E-state index >= 15 is 0 Å². The molecule has 6 rings (SSSR count). The molecule has 0 spiro atoms. The highest BCUT2D eigenvalue weighted by Gasteiger charge is 2.17. The number of anilines is 2. The number of nitrogens with one attached hydrogen (secondary N) is 2. The van der Waals surface area contributed by atoms with Gasteiger partial charge in [-0.3, -0.25) is 9.89 Å². The monoisotopic (exact) mass is 468 g/mol. The van der Waals surface area contributed by atoms with Gasteiger partial charge in [0.25, 0.3) is 5.91 Å². The summed E-state index contributed by atoms with van der Waals surface area (Å²) in [6, 6.07) is 18.2. The van der Waals surface area contributed by atoms with Gasteiger partial charge < -0.3 is 15.1 Å². The minimum absolute atomic E-state index is 0.167. The standard InChI is InChI=1S/C26H24N6OS/c1-31-8-10-32(11-9-31)24-7-6-20(16-27-24)29-26(33)18-12-19-15-28-30-25(19)21(13-18)23-14-17-4-2-3-5-22(17)34-23/h2-7,12-16H,8-11H2,1H3,(H,28,30)(H,29,33). The van der Waals surface area contributed by atoms with Gasteiger partial charge in [-0.1, -0.05) is 18.2 Å². The van der Waals surface area contributed by atoms with Crippen LogP contribution < -0.4 is 10.2 Å². The molecular weight excluding hydrogens is 444 g/mol. The van der Waals surface area contributed by atoms with E-state index in [9.17, 15) is 4.79 Å². The summed E-state index contributed by atoms with van der Waals surface area (Å²) in [4.78, 5) is 23.4. The summed E-state index contributed by atoms with van der Waals surface area (Å²) in [7, 11) is 2.14. The Hall–Kier alpha value is -3.75. The zero-order valence-corrected chi connectivity index (χ0v) is 19.6. The third kappa shape index (κ3) is 3.91. The van der Waals surface area contributed by atoms with Crippen molar-refractivity contribution in [3.63, 3.8) is 0 Å². The molecule has 1 aliphatic heterocycles. The predicted octanol–water partition coefficient (Wildman–Crippen LogP) is 4.84. The molecule has 5 aromatic rings. The Labute approximate surface area is 201 Å². The first kappa shape index (κ1) is 20.8. The van der Waals surface area contributed by atoms with Crippen molar-refractivity contribution in [3.8, 4) is 10.4 Å². The summed E-state index contributed by atoms with van der Waals surface area (Å²) < 4.78 is 1.21. The van der Waals surface area contributed by atoms with E-state index < -0.39 is 0 Å². The first-order valence-electron chi connectivity index (χ1n) is 11.3. The molecular formula is C26H24N6OS. The maximum Gasteiger partial charge on any atom is 0.255 e. The van der Waals surface area contributed by atoms with Crippen LogP contribution in [0.5, 0.6) is 0 Å². The molecule has 1 saturated heterocycles. The molecule has 1 aliphatic rings. The lowest BCUT2D eigenvalue weighted by atomic mass is 10.0. The number of amides is 1. The van der Waals surface area contributed by atoms with Crippen LogP contribution in [0.3, 0.4) is 0 Å². The molecule has 1 fully saturated rings. The van der Waals surface area contributed by atoms with E-state index in [1.165, 1.54) is 10.1 Å². The van der Waals surface area contributed by atoms with Crippen molar-refractivity contribution in [2.24, 2.45) is 0 Å². The molecule has 0 unspecified atom stereocenters. The second kappa shape index (κ2) is 8.55. The van der Waals surface area contributed by atoms with Crippen molar-refractivity contribution in [1.29, 1.82) is 0 Å². The lowest BCUT2D eigenvalue weighted by molar-refractivity contribution is 0.102. The fourth-order valence-electron chi connectivity index (χ4n) is 4.38. The van der Waals surface area contributed by atoms with Crippen LogP contribution in [0.2, 0.25) is 0 Å². The Morgan fingerprint density at radius 3 is 2.65 bits per heavy atom. The van der Waals surface area contributed by atoms with E-state index in [-0.39, 0.29) is 5.91 Å². The highest BCUT2D eigenvalue weighted by atomic mass is 32.1. The quantitative estimate of drug-likeness (QED) is 0.395. The molecule has 170 valence electrons. The Morgan fingerprint density at radius 2 is 1.85 bits per heavy atom. The largest absolute Gasteiger partial charge is 0.354 e. The number of piperazine rings is 1. The van der Waals surface area contributed by atoms with E-state index in [1.807, 2.05) is 36.4 Å². The number of carbonyl (C=O) groups excluding carboxylic acids is 1. The van der Waals surface area contributed by atoms with Crippen LogP contribution in [0, 0.1) is 0 Å². The number of aromatic nitrogens is 3. The highest BCUT2D eigenvalue weighted by molar-refractivity contribution is 7.22. The van der Waals surface area contributed by atoms with E-state index in [1.54, 1.807) is 23.7 Å². The average Bonchev–Trinajstić information content (AvgIpc) is 3.51. The molecule has 4 heterocycles. The topological polar surface area (TPSA) is 77.1 Å². The van der Waals surface area contributed by atoms with Crippen LogP contribution in [0.15, 0.2) is 67.0 Å². The number of aromatic amines is 1. The Balaban J connectivity index is 1.27. The third-order valence-electron chi connectivity index (χ3n) is 6.34. The molecule has 2 N–H and O–H groups in total. The van der Waals surface area contributed by atoms with Crippen LogP contribution in [0.1, 0.15) is 10.4 Å². The maximum absolute atomic E-state index is 13.2. The van der Waals surface area contributed by atoms with Gasteiger partial charge in [-0.2, -0.15) is 5.10 Å². The number of benzene rings is 2. The first-order chi connectivity index (χ1) is 16.6. The SMILES string of the molecule is CN1CCN(c2ccc(NC(=O)c3cc(-c4cc5ccccc5s4)c4[nH]ncc4c3)cn2)CC1. The van der Waals surface area contributed by atoms with Gasteiger partial charge >= 0.3 is 0 Å². The third-order valence-corrected chi connectivity index (χ3v) is 7.48. The van der Waals surface area contributed by atoms with Crippen molar-refractivity contribution in [3.05, 3.63) is 72.6 Å². The summed E-state index contributed by atoms with van der Waals surface area (Å²) in [5.41, 5.74) is 3.18. The number of hydrogen-bond acceptors (Lipinski definition) is 6. The van der Waals surface area contributed by atoms with E-state index in [0.717, 1.165) is 53.3 Å². The Kier molecular flexibility index (Phi) is 5.24. The van der Waals surface area contributed by atoms with Crippen LogP contribution in [0.25, 0.3) is 31.4 Å². The smallest absolute Gasteiger partial charge is 0.255 e. The molecule has 2 aromatic carbocycles. The van der Waals surface area contributed by atoms with Gasteiger partial charge in [0.05, 0.1) is 23.6 Å². The average molecular weight is 469 g/mol. The zero-order chi connectivity index (χ0) is 23.1. The van der Waals surface area contributed by atoms with E-state index in [4.69, 9.17) is 0 Å².